The zero-order valence-electron chi connectivity index (χ0n) is 24.8. The van der Waals surface area contributed by atoms with Crippen LogP contribution < -0.4 is 10.6 Å². The van der Waals surface area contributed by atoms with Crippen LogP contribution in [0.2, 0.25) is 0 Å². The Bertz CT molecular complexity index is 1710. The monoisotopic (exact) mass is 610 g/mol. The highest BCUT2D eigenvalue weighted by atomic mass is 24.3. The number of aromatic nitrogens is 2. The number of hydrogen-bond acceptors (Lipinski definition) is 4. The molecule has 228 valence electrons. The van der Waals surface area contributed by atoms with Gasteiger partial charge in [-0.2, -0.15) is 0 Å². The molecule has 0 aromatic carbocycles. The summed E-state index contributed by atoms with van der Waals surface area (Å²) < 4.78 is 0. The molecular weight excluding hydrogens is 573 g/mol. The van der Waals surface area contributed by atoms with Gasteiger partial charge in [-0.15, -0.1) is 0 Å². The van der Waals surface area contributed by atoms with E-state index in [0.717, 1.165) is 50.6 Å². The third kappa shape index (κ3) is 6.89. The number of aliphatic carboxylic acids is 2. The van der Waals surface area contributed by atoms with Gasteiger partial charge in [-0.25, -0.2) is 0 Å². The molecule has 0 radical (unpaired) electrons. The van der Waals surface area contributed by atoms with Crippen molar-refractivity contribution in [3.63, 3.8) is 0 Å². The molecule has 11 heteroatoms. The minimum Gasteiger partial charge on any atom is -0.481 e. The first-order valence-corrected chi connectivity index (χ1v) is 13.9. The quantitative estimate of drug-likeness (QED) is 0.201. The van der Waals surface area contributed by atoms with Crippen LogP contribution >= 0.6 is 0 Å². The number of allylic oxidation sites excluding steroid dienone is 2. The summed E-state index contributed by atoms with van der Waals surface area (Å²) in [4.78, 5) is 54.5. The van der Waals surface area contributed by atoms with Crippen LogP contribution in [0.4, 0.5) is 0 Å². The minimum atomic E-state index is -0.922. The maximum Gasteiger partial charge on any atom is 0.316 e. The molecule has 10 nitrogen and oxygen atoms in total. The standard InChI is InChI=1S/C33H36N4O6.Mg.2H/c1-7-20-19(6)32(42)37-27(20)14-25-18(5)23(10-12-31(40)41)29(35-25)15-28-22(9-11-30(38)39)17(4)24(34-28)13-26-16(3)21(8-2)33(43)36-26;;;/h7-8,13-14,34-35H,1-2,9-12,15H2,3-6H3,(H,36,43)(H,37,42)(H,38,39)(H,40,41);;;/b26-13-,27-14-;;;. The Morgan fingerprint density at radius 3 is 1.59 bits per heavy atom. The second-order valence-corrected chi connectivity index (χ2v) is 10.7. The van der Waals surface area contributed by atoms with Crippen LogP contribution in [0.25, 0.3) is 12.2 Å². The van der Waals surface area contributed by atoms with Crippen molar-refractivity contribution < 1.29 is 29.4 Å². The van der Waals surface area contributed by atoms with Crippen LogP contribution in [-0.2, 0) is 38.4 Å². The first-order valence-electron chi connectivity index (χ1n) is 13.9. The average Bonchev–Trinajstić information content (AvgIpc) is 3.59. The van der Waals surface area contributed by atoms with Gasteiger partial charge in [-0.05, 0) is 80.5 Å². The van der Waals surface area contributed by atoms with Gasteiger partial charge >= 0.3 is 35.0 Å². The van der Waals surface area contributed by atoms with Gasteiger partial charge < -0.3 is 30.8 Å². The largest absolute Gasteiger partial charge is 0.481 e. The molecule has 0 atom stereocenters. The summed E-state index contributed by atoms with van der Waals surface area (Å²) in [6, 6.07) is 0. The van der Waals surface area contributed by atoms with Gasteiger partial charge in [0.05, 0.1) is 5.70 Å². The minimum absolute atomic E-state index is 0. The molecule has 0 saturated carbocycles. The highest BCUT2D eigenvalue weighted by Gasteiger charge is 2.25. The molecule has 0 spiro atoms. The zero-order chi connectivity index (χ0) is 31.6. The Kier molecular flexibility index (Phi) is 10.8. The van der Waals surface area contributed by atoms with Crippen molar-refractivity contribution in [3.8, 4) is 0 Å². The third-order valence-electron chi connectivity index (χ3n) is 8.11. The molecule has 0 fully saturated rings. The van der Waals surface area contributed by atoms with Crippen molar-refractivity contribution in [3.05, 3.63) is 104 Å². The molecule has 2 aliphatic rings. The van der Waals surface area contributed by atoms with E-state index in [1.807, 2.05) is 32.9 Å². The van der Waals surface area contributed by atoms with E-state index in [0.29, 0.717) is 34.5 Å². The number of carbonyl (C=O) groups is 4. The molecule has 0 aliphatic carbocycles. The average molecular weight is 611 g/mol. The van der Waals surface area contributed by atoms with Crippen LogP contribution in [-0.4, -0.2) is 67.0 Å². The summed E-state index contributed by atoms with van der Waals surface area (Å²) >= 11 is 0. The van der Waals surface area contributed by atoms with E-state index in [4.69, 9.17) is 0 Å². The predicted molar refractivity (Wildman–Crippen MR) is 172 cm³/mol. The molecule has 44 heavy (non-hydrogen) atoms. The molecule has 0 unspecified atom stereocenters. The van der Waals surface area contributed by atoms with Crippen LogP contribution in [0.1, 0.15) is 71.7 Å². The van der Waals surface area contributed by atoms with Crippen LogP contribution in [0.3, 0.4) is 0 Å². The number of amides is 2. The first-order chi connectivity index (χ1) is 20.4. The summed E-state index contributed by atoms with van der Waals surface area (Å²) in [6.07, 6.45) is 7.58. The lowest BCUT2D eigenvalue weighted by atomic mass is 9.98. The van der Waals surface area contributed by atoms with Gasteiger partial charge in [0, 0.05) is 64.5 Å². The number of carbonyl (C=O) groups excluding carboxylic acids is 2. The molecule has 2 aromatic rings. The fraction of sp³-hybridized carbons (Fsp3) is 0.273. The third-order valence-corrected chi connectivity index (χ3v) is 8.11. The van der Waals surface area contributed by atoms with E-state index in [-0.39, 0.29) is 60.6 Å². The first kappa shape index (κ1) is 34.1. The summed E-state index contributed by atoms with van der Waals surface area (Å²) in [5, 5.41) is 24.6. The lowest BCUT2D eigenvalue weighted by molar-refractivity contribution is -0.138. The number of carboxylic acid groups (broad SMARTS) is 2. The topological polar surface area (TPSA) is 164 Å². The Hall–Kier alpha value is -4.35. The SMILES string of the molecule is C=CC1=C(C)/C(=C/c2[nH]c(Cc3[nH]c(/C=C4\NC(=O)C(C)=C4C=C)c(C)c3CCC(=O)O)c(CCC(=O)O)c2C)NC1=O.[MgH2]. The van der Waals surface area contributed by atoms with E-state index in [1.54, 1.807) is 13.0 Å². The Morgan fingerprint density at radius 1 is 0.705 bits per heavy atom. The smallest absolute Gasteiger partial charge is 0.316 e. The Balaban J connectivity index is 0.00000529. The number of nitrogens with one attached hydrogen (secondary N) is 4. The fourth-order valence-corrected chi connectivity index (χ4v) is 5.61. The molecule has 0 saturated heterocycles. The predicted octanol–water partition coefficient (Wildman–Crippen LogP) is 3.62. The fourth-order valence-electron chi connectivity index (χ4n) is 5.61. The summed E-state index contributed by atoms with van der Waals surface area (Å²) in [5.74, 6) is -2.28. The van der Waals surface area contributed by atoms with Crippen molar-refractivity contribution in [1.29, 1.82) is 0 Å². The summed E-state index contributed by atoms with van der Waals surface area (Å²) in [7, 11) is 0. The van der Waals surface area contributed by atoms with Crippen molar-refractivity contribution in [2.24, 2.45) is 0 Å². The molecule has 0 bridgehead atoms. The molecule has 2 amide bonds. The number of H-pyrrole nitrogens is 2. The van der Waals surface area contributed by atoms with Crippen molar-refractivity contribution in [1.82, 2.24) is 20.6 Å². The molecule has 4 rings (SSSR count). The highest BCUT2D eigenvalue weighted by molar-refractivity contribution is 6.03. The highest BCUT2D eigenvalue weighted by Crippen LogP contribution is 2.31. The van der Waals surface area contributed by atoms with E-state index >= 15 is 0 Å². The second-order valence-electron chi connectivity index (χ2n) is 10.7. The Morgan fingerprint density at radius 2 is 1.16 bits per heavy atom. The lowest BCUT2D eigenvalue weighted by Crippen LogP contribution is -2.15. The van der Waals surface area contributed by atoms with Crippen molar-refractivity contribution in [2.75, 3.05) is 0 Å². The van der Waals surface area contributed by atoms with Gasteiger partial charge in [0.2, 0.25) is 0 Å². The number of carboxylic acids is 2. The van der Waals surface area contributed by atoms with Crippen LogP contribution in [0.5, 0.6) is 0 Å². The number of aromatic amines is 2. The summed E-state index contributed by atoms with van der Waals surface area (Å²) in [6.45, 7) is 14.9. The maximum atomic E-state index is 12.3. The molecule has 2 aromatic heterocycles. The molecule has 4 heterocycles. The molecule has 2 aliphatic heterocycles. The van der Waals surface area contributed by atoms with Crippen LogP contribution in [0.15, 0.2) is 59.0 Å². The van der Waals surface area contributed by atoms with Gasteiger partial charge in [0.1, 0.15) is 0 Å². The zero-order valence-corrected chi connectivity index (χ0v) is 24.8. The van der Waals surface area contributed by atoms with Gasteiger partial charge in [0.25, 0.3) is 11.8 Å². The number of rotatable bonds is 12. The maximum absolute atomic E-state index is 12.3. The Labute approximate surface area is 271 Å². The molecular formula is C33H38MgN4O6. The number of hydrogen-bond donors (Lipinski definition) is 6. The van der Waals surface area contributed by atoms with Crippen molar-refractivity contribution in [2.45, 2.75) is 59.8 Å². The van der Waals surface area contributed by atoms with E-state index < -0.39 is 11.9 Å². The van der Waals surface area contributed by atoms with E-state index in [2.05, 4.69) is 33.8 Å². The van der Waals surface area contributed by atoms with Crippen molar-refractivity contribution >= 4 is 59.0 Å². The molecule has 6 N–H and O–H groups in total. The van der Waals surface area contributed by atoms with Gasteiger partial charge in [-0.3, -0.25) is 19.2 Å². The van der Waals surface area contributed by atoms with Crippen LogP contribution in [0, 0.1) is 13.8 Å². The van der Waals surface area contributed by atoms with E-state index in [1.165, 1.54) is 6.08 Å². The van der Waals surface area contributed by atoms with E-state index in [9.17, 15) is 29.4 Å². The normalized spacial score (nSPS) is 16.5. The summed E-state index contributed by atoms with van der Waals surface area (Å²) in [5.41, 5.74) is 10.2. The second kappa shape index (κ2) is 14.0. The lowest BCUT2D eigenvalue weighted by Gasteiger charge is -2.07. The van der Waals surface area contributed by atoms with Gasteiger partial charge in [0.15, 0.2) is 0 Å². The van der Waals surface area contributed by atoms with Gasteiger partial charge in [-0.1, -0.05) is 25.3 Å².